The molecule has 0 unspecified atom stereocenters. The molecule has 1 aromatic carbocycles. The molecule has 4 heteroatoms. The van der Waals surface area contributed by atoms with Crippen LogP contribution in [0.4, 0.5) is 0 Å². The molecule has 1 heterocycles. The molecule has 0 spiro atoms. The summed E-state index contributed by atoms with van der Waals surface area (Å²) in [5.41, 5.74) is 1.13. The summed E-state index contributed by atoms with van der Waals surface area (Å²) in [6.07, 6.45) is -0.00583. The number of halogens is 1. The van der Waals surface area contributed by atoms with Crippen molar-refractivity contribution in [1.29, 1.82) is 5.41 Å². The van der Waals surface area contributed by atoms with Gasteiger partial charge in [-0.05, 0) is 12.5 Å². The molecule has 82 valence electrons. The third-order valence-corrected chi connectivity index (χ3v) is 2.74. The number of benzene rings is 1. The van der Waals surface area contributed by atoms with Gasteiger partial charge in [0.1, 0.15) is 6.10 Å². The van der Waals surface area contributed by atoms with Gasteiger partial charge in [0.2, 0.25) is 0 Å². The van der Waals surface area contributed by atoms with Gasteiger partial charge in [-0.15, -0.1) is 17.0 Å². The first-order valence-corrected chi connectivity index (χ1v) is 4.73. The molecule has 3 nitrogen and oxygen atoms in total. The summed E-state index contributed by atoms with van der Waals surface area (Å²) in [5.74, 6) is 0. The van der Waals surface area contributed by atoms with Crippen molar-refractivity contribution in [2.24, 2.45) is 0 Å². The Morgan fingerprint density at radius 3 is 2.33 bits per heavy atom. The second kappa shape index (κ2) is 4.66. The Kier molecular flexibility index (Phi) is 3.74. The van der Waals surface area contributed by atoms with Crippen LogP contribution in [0.2, 0.25) is 0 Å². The van der Waals surface area contributed by atoms with Crippen LogP contribution >= 0.6 is 17.0 Å². The standard InChI is InChI=1S/C11H14N2O.BrH/c1-8-10(14-11(12)13(8)2)9-6-4-3-5-7-9;/h3-8,10,12H,1-2H3;1H/t8-,10+;/m0./s1. The quantitative estimate of drug-likeness (QED) is 0.852. The average Bonchev–Trinajstić information content (AvgIpc) is 2.47. The van der Waals surface area contributed by atoms with Gasteiger partial charge < -0.3 is 9.64 Å². The van der Waals surface area contributed by atoms with Crippen LogP contribution in [0.1, 0.15) is 18.6 Å². The second-order valence-corrected chi connectivity index (χ2v) is 3.61. The van der Waals surface area contributed by atoms with E-state index in [4.69, 9.17) is 10.1 Å². The van der Waals surface area contributed by atoms with Gasteiger partial charge in [-0.1, -0.05) is 30.3 Å². The predicted octanol–water partition coefficient (Wildman–Crippen LogP) is 2.59. The Morgan fingerprint density at radius 1 is 1.27 bits per heavy atom. The van der Waals surface area contributed by atoms with Gasteiger partial charge in [-0.2, -0.15) is 0 Å². The van der Waals surface area contributed by atoms with Gasteiger partial charge in [-0.3, -0.25) is 5.41 Å². The lowest BCUT2D eigenvalue weighted by Gasteiger charge is -2.16. The Labute approximate surface area is 100 Å². The minimum Gasteiger partial charge on any atom is -0.455 e. The van der Waals surface area contributed by atoms with Crippen molar-refractivity contribution in [2.45, 2.75) is 19.1 Å². The van der Waals surface area contributed by atoms with E-state index in [-0.39, 0.29) is 35.1 Å². The highest BCUT2D eigenvalue weighted by atomic mass is 79.9. The molecule has 0 saturated carbocycles. The summed E-state index contributed by atoms with van der Waals surface area (Å²) >= 11 is 0. The summed E-state index contributed by atoms with van der Waals surface area (Å²) in [5, 5.41) is 7.57. The highest BCUT2D eigenvalue weighted by Crippen LogP contribution is 2.30. The summed E-state index contributed by atoms with van der Waals surface area (Å²) in [6.45, 7) is 2.07. The number of amidine groups is 1. The Hall–Kier alpha value is -1.03. The first-order chi connectivity index (χ1) is 6.70. The fourth-order valence-electron chi connectivity index (χ4n) is 1.68. The number of nitrogens with zero attached hydrogens (tertiary/aromatic N) is 1. The molecular formula is C11H15BrN2O. The average molecular weight is 271 g/mol. The van der Waals surface area contributed by atoms with Gasteiger partial charge in [0, 0.05) is 7.05 Å². The molecule has 2 rings (SSSR count). The van der Waals surface area contributed by atoms with Crippen molar-refractivity contribution in [3.8, 4) is 0 Å². The van der Waals surface area contributed by atoms with Crippen LogP contribution in [0.15, 0.2) is 30.3 Å². The SMILES string of the molecule is Br.C[C@H]1[C@H](c2ccccc2)OC(=N)N1C. The third-order valence-electron chi connectivity index (χ3n) is 2.74. The molecule has 0 aromatic heterocycles. The van der Waals surface area contributed by atoms with Gasteiger partial charge in [-0.25, -0.2) is 0 Å². The van der Waals surface area contributed by atoms with E-state index in [0.717, 1.165) is 5.56 Å². The fraction of sp³-hybridized carbons (Fsp3) is 0.364. The van der Waals surface area contributed by atoms with Crippen LogP contribution in [0.3, 0.4) is 0 Å². The molecular weight excluding hydrogens is 256 g/mol. The molecule has 0 amide bonds. The van der Waals surface area contributed by atoms with Crippen molar-refractivity contribution in [3.63, 3.8) is 0 Å². The monoisotopic (exact) mass is 270 g/mol. The van der Waals surface area contributed by atoms with Gasteiger partial charge in [0.25, 0.3) is 6.02 Å². The Morgan fingerprint density at radius 2 is 1.87 bits per heavy atom. The lowest BCUT2D eigenvalue weighted by Crippen LogP contribution is -2.27. The maximum Gasteiger partial charge on any atom is 0.285 e. The molecule has 1 aliphatic heterocycles. The molecule has 1 fully saturated rings. The molecule has 1 aromatic rings. The van der Waals surface area contributed by atoms with Crippen LogP contribution in [0, 0.1) is 5.41 Å². The molecule has 2 atom stereocenters. The van der Waals surface area contributed by atoms with Crippen LogP contribution < -0.4 is 0 Å². The van der Waals surface area contributed by atoms with E-state index in [0.29, 0.717) is 0 Å². The van der Waals surface area contributed by atoms with Crippen LogP contribution in [-0.4, -0.2) is 24.0 Å². The molecule has 0 aliphatic carbocycles. The minimum atomic E-state index is -0.00583. The number of ether oxygens (including phenoxy) is 1. The predicted molar refractivity (Wildman–Crippen MR) is 65.5 cm³/mol. The topological polar surface area (TPSA) is 36.3 Å². The summed E-state index contributed by atoms with van der Waals surface area (Å²) in [4.78, 5) is 1.84. The smallest absolute Gasteiger partial charge is 0.285 e. The summed E-state index contributed by atoms with van der Waals surface area (Å²) < 4.78 is 5.48. The highest BCUT2D eigenvalue weighted by Gasteiger charge is 2.34. The number of likely N-dealkylation sites (N-methyl/N-ethyl adjacent to an activating group) is 1. The van der Waals surface area contributed by atoms with E-state index in [2.05, 4.69) is 6.92 Å². The zero-order chi connectivity index (χ0) is 10.1. The molecule has 0 bridgehead atoms. The van der Waals surface area contributed by atoms with E-state index in [1.54, 1.807) is 0 Å². The van der Waals surface area contributed by atoms with Crippen molar-refractivity contribution in [2.75, 3.05) is 7.05 Å². The van der Waals surface area contributed by atoms with Crippen LogP contribution in [0.5, 0.6) is 0 Å². The van der Waals surface area contributed by atoms with E-state index in [9.17, 15) is 0 Å². The highest BCUT2D eigenvalue weighted by molar-refractivity contribution is 8.93. The zero-order valence-electron chi connectivity index (χ0n) is 8.81. The van der Waals surface area contributed by atoms with Crippen LogP contribution in [0.25, 0.3) is 0 Å². The lowest BCUT2D eigenvalue weighted by molar-refractivity contribution is 0.201. The number of rotatable bonds is 1. The largest absolute Gasteiger partial charge is 0.455 e. The zero-order valence-corrected chi connectivity index (χ0v) is 10.5. The molecule has 1 N–H and O–H groups in total. The van der Waals surface area contributed by atoms with E-state index < -0.39 is 0 Å². The third kappa shape index (κ3) is 2.15. The lowest BCUT2D eigenvalue weighted by atomic mass is 10.0. The molecule has 0 radical (unpaired) electrons. The van der Waals surface area contributed by atoms with Crippen molar-refractivity contribution < 1.29 is 4.74 Å². The first-order valence-electron chi connectivity index (χ1n) is 4.73. The maximum absolute atomic E-state index is 7.57. The summed E-state index contributed by atoms with van der Waals surface area (Å²) in [7, 11) is 1.88. The number of nitrogens with one attached hydrogen (secondary N) is 1. The number of hydrogen-bond acceptors (Lipinski definition) is 2. The second-order valence-electron chi connectivity index (χ2n) is 3.61. The first kappa shape index (κ1) is 12.0. The molecule has 15 heavy (non-hydrogen) atoms. The van der Waals surface area contributed by atoms with E-state index >= 15 is 0 Å². The minimum absolute atomic E-state index is 0. The maximum atomic E-state index is 7.57. The normalized spacial score (nSPS) is 24.7. The Balaban J connectivity index is 0.00000112. The van der Waals surface area contributed by atoms with Crippen LogP contribution in [-0.2, 0) is 4.74 Å². The van der Waals surface area contributed by atoms with Gasteiger partial charge in [0.05, 0.1) is 6.04 Å². The molecule has 1 saturated heterocycles. The van der Waals surface area contributed by atoms with Crippen molar-refractivity contribution in [3.05, 3.63) is 35.9 Å². The van der Waals surface area contributed by atoms with Crippen molar-refractivity contribution >= 4 is 23.0 Å². The molecule has 1 aliphatic rings. The summed E-state index contributed by atoms with van der Waals surface area (Å²) in [6, 6.07) is 10.5. The van der Waals surface area contributed by atoms with E-state index in [1.807, 2.05) is 42.3 Å². The van der Waals surface area contributed by atoms with Crippen molar-refractivity contribution in [1.82, 2.24) is 4.90 Å². The number of hydrogen-bond donors (Lipinski definition) is 1. The van der Waals surface area contributed by atoms with Gasteiger partial charge >= 0.3 is 0 Å². The fourth-order valence-corrected chi connectivity index (χ4v) is 1.68. The van der Waals surface area contributed by atoms with E-state index in [1.165, 1.54) is 0 Å². The Bertz CT molecular complexity index is 342. The van der Waals surface area contributed by atoms with Gasteiger partial charge in [0.15, 0.2) is 0 Å².